The predicted molar refractivity (Wildman–Crippen MR) is 61.4 cm³/mol. The number of esters is 1. The molecule has 0 unspecified atom stereocenters. The lowest BCUT2D eigenvalue weighted by Gasteiger charge is -2.04. The molecule has 0 aliphatic heterocycles. The van der Waals surface area contributed by atoms with Crippen LogP contribution in [0.5, 0.6) is 0 Å². The van der Waals surface area contributed by atoms with Gasteiger partial charge in [0.2, 0.25) is 0 Å². The lowest BCUT2D eigenvalue weighted by atomic mass is 10.3. The summed E-state index contributed by atoms with van der Waals surface area (Å²) < 4.78 is 11.1. The molecule has 0 bridgehead atoms. The van der Waals surface area contributed by atoms with Crippen LogP contribution in [0.3, 0.4) is 0 Å². The predicted octanol–water partition coefficient (Wildman–Crippen LogP) is 1.67. The Labute approximate surface area is 96.9 Å². The highest BCUT2D eigenvalue weighted by Gasteiger charge is 2.10. The molecule has 0 saturated heterocycles. The van der Waals surface area contributed by atoms with Crippen molar-refractivity contribution in [3.63, 3.8) is 0 Å². The van der Waals surface area contributed by atoms with E-state index in [9.17, 15) is 9.59 Å². The number of rotatable bonds is 3. The van der Waals surface area contributed by atoms with Gasteiger partial charge in [0.1, 0.15) is 0 Å². The number of oxazole rings is 1. The Hall–Kier alpha value is -2.30. The molecular formula is C12H11NO4. The first kappa shape index (κ1) is 11.2. The summed E-state index contributed by atoms with van der Waals surface area (Å²) in [5, 5.41) is 0. The van der Waals surface area contributed by atoms with E-state index in [1.807, 2.05) is 0 Å². The van der Waals surface area contributed by atoms with Crippen molar-refractivity contribution in [3.05, 3.63) is 47.0 Å². The molecule has 0 aliphatic carbocycles. The van der Waals surface area contributed by atoms with Crippen molar-refractivity contribution in [3.8, 4) is 0 Å². The second kappa shape index (κ2) is 4.29. The number of aromatic nitrogens is 1. The summed E-state index contributed by atoms with van der Waals surface area (Å²) in [4.78, 5) is 22.7. The molecule has 88 valence electrons. The monoisotopic (exact) mass is 233 g/mol. The van der Waals surface area contributed by atoms with Gasteiger partial charge in [0, 0.05) is 5.57 Å². The van der Waals surface area contributed by atoms with E-state index in [1.165, 1.54) is 4.57 Å². The van der Waals surface area contributed by atoms with Crippen molar-refractivity contribution in [2.24, 2.45) is 0 Å². The van der Waals surface area contributed by atoms with Gasteiger partial charge in [0.15, 0.2) is 12.3 Å². The first-order valence-electron chi connectivity index (χ1n) is 5.00. The largest absolute Gasteiger partial charge is 0.440 e. The number of fused-ring (bicyclic) bond motifs is 1. The molecule has 0 spiro atoms. The third kappa shape index (κ3) is 2.13. The van der Waals surface area contributed by atoms with Crippen LogP contribution in [0.2, 0.25) is 0 Å². The Morgan fingerprint density at radius 1 is 1.47 bits per heavy atom. The first-order valence-corrected chi connectivity index (χ1v) is 5.00. The maximum Gasteiger partial charge on any atom is 0.422 e. The fourth-order valence-corrected chi connectivity index (χ4v) is 1.38. The number of ether oxygens (including phenoxy) is 1. The van der Waals surface area contributed by atoms with E-state index in [0.717, 1.165) is 0 Å². The van der Waals surface area contributed by atoms with E-state index in [0.29, 0.717) is 11.1 Å². The molecule has 0 aliphatic rings. The van der Waals surface area contributed by atoms with Crippen LogP contribution in [0.1, 0.15) is 6.92 Å². The summed E-state index contributed by atoms with van der Waals surface area (Å²) in [6.45, 7) is 4.82. The zero-order chi connectivity index (χ0) is 12.4. The fraction of sp³-hybridized carbons (Fsp3) is 0.167. The highest BCUT2D eigenvalue weighted by molar-refractivity contribution is 5.86. The van der Waals surface area contributed by atoms with Gasteiger partial charge in [0.05, 0.1) is 5.52 Å². The zero-order valence-corrected chi connectivity index (χ0v) is 9.30. The Bertz CT molecular complexity index is 635. The maximum atomic E-state index is 11.5. The van der Waals surface area contributed by atoms with Gasteiger partial charge in [-0.25, -0.2) is 14.2 Å². The second-order valence-corrected chi connectivity index (χ2v) is 3.60. The van der Waals surface area contributed by atoms with Gasteiger partial charge in [-0.1, -0.05) is 18.7 Å². The van der Waals surface area contributed by atoms with Crippen LogP contribution in [0.25, 0.3) is 11.1 Å². The summed E-state index contributed by atoms with van der Waals surface area (Å²) in [6.07, 6.45) is 0. The molecule has 17 heavy (non-hydrogen) atoms. The number of hydrogen-bond acceptors (Lipinski definition) is 4. The molecule has 0 amide bonds. The van der Waals surface area contributed by atoms with Crippen LogP contribution < -0.4 is 5.76 Å². The Kier molecular flexibility index (Phi) is 2.82. The molecule has 5 heteroatoms. The maximum absolute atomic E-state index is 11.5. The molecular weight excluding hydrogens is 222 g/mol. The van der Waals surface area contributed by atoms with Crippen LogP contribution in [0.15, 0.2) is 45.6 Å². The molecule has 2 rings (SSSR count). The van der Waals surface area contributed by atoms with E-state index >= 15 is 0 Å². The summed E-state index contributed by atoms with van der Waals surface area (Å²) >= 11 is 0. The molecule has 0 fully saturated rings. The minimum Gasteiger partial charge on any atom is -0.440 e. The minimum atomic E-state index is -0.555. The standard InChI is InChI=1S/C12H11NO4/c1-8(2)11(14)16-7-13-9-5-3-4-6-10(9)17-12(13)15/h3-6H,1,7H2,2H3. The molecule has 1 aromatic carbocycles. The lowest BCUT2D eigenvalue weighted by Crippen LogP contribution is -2.18. The minimum absolute atomic E-state index is 0.179. The SMILES string of the molecule is C=C(C)C(=O)OCn1c(=O)oc2ccccc21. The van der Waals surface area contributed by atoms with Crippen molar-refractivity contribution in [2.45, 2.75) is 13.7 Å². The average molecular weight is 233 g/mol. The first-order chi connectivity index (χ1) is 8.09. The van der Waals surface area contributed by atoms with E-state index in [4.69, 9.17) is 9.15 Å². The fourth-order valence-electron chi connectivity index (χ4n) is 1.38. The van der Waals surface area contributed by atoms with Gasteiger partial charge in [0.25, 0.3) is 0 Å². The number of para-hydroxylation sites is 2. The van der Waals surface area contributed by atoms with E-state index in [2.05, 4.69) is 6.58 Å². The van der Waals surface area contributed by atoms with E-state index in [-0.39, 0.29) is 12.3 Å². The van der Waals surface area contributed by atoms with Crippen LogP contribution in [0, 0.1) is 0 Å². The zero-order valence-electron chi connectivity index (χ0n) is 9.30. The van der Waals surface area contributed by atoms with Crippen LogP contribution >= 0.6 is 0 Å². The number of carbonyl (C=O) groups is 1. The molecule has 1 heterocycles. The summed E-state index contributed by atoms with van der Waals surface area (Å²) in [5.74, 6) is -1.09. The smallest absolute Gasteiger partial charge is 0.422 e. The van der Waals surface area contributed by atoms with Gasteiger partial charge in [-0.05, 0) is 19.1 Å². The molecule has 0 N–H and O–H groups in total. The molecule has 5 nitrogen and oxygen atoms in total. The Morgan fingerprint density at radius 3 is 2.88 bits per heavy atom. The molecule has 1 aromatic heterocycles. The average Bonchev–Trinajstić information content (AvgIpc) is 2.61. The van der Waals surface area contributed by atoms with Gasteiger partial charge in [-0.3, -0.25) is 0 Å². The number of benzene rings is 1. The van der Waals surface area contributed by atoms with Crippen LogP contribution in [-0.4, -0.2) is 10.5 Å². The summed E-state index contributed by atoms with van der Waals surface area (Å²) in [7, 11) is 0. The number of nitrogens with zero attached hydrogens (tertiary/aromatic N) is 1. The number of hydrogen-bond donors (Lipinski definition) is 0. The van der Waals surface area contributed by atoms with Crippen molar-refractivity contribution in [1.82, 2.24) is 4.57 Å². The summed E-state index contributed by atoms with van der Waals surface area (Å²) in [6, 6.07) is 6.92. The molecule has 0 saturated carbocycles. The van der Waals surface area contributed by atoms with Crippen molar-refractivity contribution < 1.29 is 13.9 Å². The van der Waals surface area contributed by atoms with Crippen LogP contribution in [0.4, 0.5) is 0 Å². The highest BCUT2D eigenvalue weighted by atomic mass is 16.5. The van der Waals surface area contributed by atoms with Gasteiger partial charge >= 0.3 is 11.7 Å². The molecule has 2 aromatic rings. The Morgan fingerprint density at radius 2 is 2.18 bits per heavy atom. The van der Waals surface area contributed by atoms with Gasteiger partial charge in [-0.15, -0.1) is 0 Å². The van der Waals surface area contributed by atoms with Crippen molar-refractivity contribution in [1.29, 1.82) is 0 Å². The van der Waals surface area contributed by atoms with E-state index in [1.54, 1.807) is 31.2 Å². The third-order valence-corrected chi connectivity index (χ3v) is 2.25. The molecule has 0 atom stereocenters. The molecule has 0 radical (unpaired) electrons. The van der Waals surface area contributed by atoms with Gasteiger partial charge < -0.3 is 9.15 Å². The highest BCUT2D eigenvalue weighted by Crippen LogP contribution is 2.11. The lowest BCUT2D eigenvalue weighted by molar-refractivity contribution is -0.142. The second-order valence-electron chi connectivity index (χ2n) is 3.60. The summed E-state index contributed by atoms with van der Waals surface area (Å²) in [5.41, 5.74) is 1.33. The van der Waals surface area contributed by atoms with Crippen molar-refractivity contribution >= 4 is 17.1 Å². The van der Waals surface area contributed by atoms with E-state index < -0.39 is 11.7 Å². The van der Waals surface area contributed by atoms with Crippen molar-refractivity contribution in [2.75, 3.05) is 0 Å². The number of carbonyl (C=O) groups excluding carboxylic acids is 1. The Balaban J connectivity index is 2.30. The van der Waals surface area contributed by atoms with Gasteiger partial charge in [-0.2, -0.15) is 0 Å². The quantitative estimate of drug-likeness (QED) is 0.597. The topological polar surface area (TPSA) is 61.4 Å². The third-order valence-electron chi connectivity index (χ3n) is 2.25. The van der Waals surface area contributed by atoms with Crippen LogP contribution in [-0.2, 0) is 16.3 Å². The normalized spacial score (nSPS) is 10.4.